The molecule has 0 aliphatic carbocycles. The highest BCUT2D eigenvalue weighted by molar-refractivity contribution is 7.99. The molecule has 5 heteroatoms. The second kappa shape index (κ2) is 8.17. The Morgan fingerprint density at radius 2 is 2.00 bits per heavy atom. The van der Waals surface area contributed by atoms with Crippen molar-refractivity contribution < 1.29 is 14.3 Å². The van der Waals surface area contributed by atoms with Crippen molar-refractivity contribution in [2.75, 3.05) is 12.3 Å². The minimum atomic E-state index is -0.508. The van der Waals surface area contributed by atoms with Gasteiger partial charge in [0.25, 0.3) is 0 Å². The molecule has 2 N–H and O–H groups in total. The lowest BCUT2D eigenvalue weighted by molar-refractivity contribution is -0.119. The molecular weight excluding hydrogens is 265 g/mol. The zero-order chi connectivity index (χ0) is 14.3. The van der Waals surface area contributed by atoms with Crippen LogP contribution in [-0.2, 0) is 10.5 Å². The van der Waals surface area contributed by atoms with E-state index in [0.717, 1.165) is 5.56 Å². The van der Waals surface area contributed by atoms with E-state index in [1.54, 1.807) is 12.1 Å². The molecule has 1 atom stereocenters. The summed E-state index contributed by atoms with van der Waals surface area (Å²) in [5.74, 6) is 0.788. The molecule has 1 rings (SSSR count). The van der Waals surface area contributed by atoms with Crippen molar-refractivity contribution in [3.8, 4) is 0 Å². The van der Waals surface area contributed by atoms with Crippen LogP contribution >= 0.6 is 11.8 Å². The Kier molecular flexibility index (Phi) is 6.87. The summed E-state index contributed by atoms with van der Waals surface area (Å²) in [6.07, 6.45) is -0.508. The largest absolute Gasteiger partial charge is 0.391 e. The Balaban J connectivity index is 2.18. The number of halogens is 1. The van der Waals surface area contributed by atoms with Crippen LogP contribution in [0.2, 0.25) is 0 Å². The Hall–Kier alpha value is -1.07. The third-order valence-corrected chi connectivity index (χ3v) is 3.70. The van der Waals surface area contributed by atoms with Gasteiger partial charge in [-0.3, -0.25) is 4.79 Å². The molecule has 0 spiro atoms. The molecule has 0 saturated carbocycles. The van der Waals surface area contributed by atoms with Crippen molar-refractivity contribution >= 4 is 17.7 Å². The first-order valence-electron chi connectivity index (χ1n) is 6.26. The van der Waals surface area contributed by atoms with E-state index < -0.39 is 6.10 Å². The van der Waals surface area contributed by atoms with Crippen molar-refractivity contribution in [2.45, 2.75) is 25.7 Å². The molecule has 1 aromatic rings. The number of hydrogen-bond acceptors (Lipinski definition) is 3. The number of benzene rings is 1. The van der Waals surface area contributed by atoms with E-state index in [0.29, 0.717) is 11.5 Å². The molecule has 19 heavy (non-hydrogen) atoms. The molecule has 3 nitrogen and oxygen atoms in total. The zero-order valence-electron chi connectivity index (χ0n) is 11.2. The van der Waals surface area contributed by atoms with Crippen LogP contribution < -0.4 is 5.32 Å². The van der Waals surface area contributed by atoms with Gasteiger partial charge in [0.1, 0.15) is 5.82 Å². The quantitative estimate of drug-likeness (QED) is 0.807. The molecule has 0 aromatic heterocycles. The molecule has 0 radical (unpaired) electrons. The Labute approximate surface area is 117 Å². The van der Waals surface area contributed by atoms with Gasteiger partial charge in [-0.1, -0.05) is 26.0 Å². The second-order valence-electron chi connectivity index (χ2n) is 4.73. The van der Waals surface area contributed by atoms with Gasteiger partial charge in [0.05, 0.1) is 11.9 Å². The Bertz CT molecular complexity index is 395. The highest BCUT2D eigenvalue weighted by Gasteiger charge is 2.10. The maximum atomic E-state index is 12.7. The lowest BCUT2D eigenvalue weighted by Gasteiger charge is -2.14. The molecule has 0 fully saturated rings. The first-order valence-corrected chi connectivity index (χ1v) is 7.41. The van der Waals surface area contributed by atoms with E-state index in [2.05, 4.69) is 5.32 Å². The van der Waals surface area contributed by atoms with Gasteiger partial charge >= 0.3 is 0 Å². The maximum Gasteiger partial charge on any atom is 0.230 e. The predicted octanol–water partition coefficient (Wildman–Crippen LogP) is 2.19. The minimum Gasteiger partial charge on any atom is -0.391 e. The molecule has 0 aliphatic heterocycles. The highest BCUT2D eigenvalue weighted by Crippen LogP contribution is 2.12. The summed E-state index contributed by atoms with van der Waals surface area (Å²) in [7, 11) is 0. The normalized spacial score (nSPS) is 12.5. The lowest BCUT2D eigenvalue weighted by Crippen LogP contribution is -2.35. The third-order valence-electron chi connectivity index (χ3n) is 2.69. The summed E-state index contributed by atoms with van der Waals surface area (Å²) in [4.78, 5) is 11.5. The molecule has 106 valence electrons. The van der Waals surface area contributed by atoms with Crippen LogP contribution in [0.15, 0.2) is 24.3 Å². The minimum absolute atomic E-state index is 0.0909. The second-order valence-corrected chi connectivity index (χ2v) is 5.72. The van der Waals surface area contributed by atoms with Gasteiger partial charge < -0.3 is 10.4 Å². The SMILES string of the molecule is CC(C)C(O)CNC(=O)CSCc1ccc(F)cc1. The summed E-state index contributed by atoms with van der Waals surface area (Å²) in [6.45, 7) is 4.09. The van der Waals surface area contributed by atoms with Crippen LogP contribution in [0.4, 0.5) is 4.39 Å². The molecule has 0 heterocycles. The van der Waals surface area contributed by atoms with Gasteiger partial charge in [-0.15, -0.1) is 11.8 Å². The van der Waals surface area contributed by atoms with Gasteiger partial charge in [-0.2, -0.15) is 0 Å². The van der Waals surface area contributed by atoms with Crippen LogP contribution in [0, 0.1) is 11.7 Å². The fourth-order valence-corrected chi connectivity index (χ4v) is 2.17. The number of hydrogen-bond donors (Lipinski definition) is 2. The first kappa shape index (κ1) is 16.0. The van der Waals surface area contributed by atoms with Crippen molar-refractivity contribution in [3.05, 3.63) is 35.6 Å². The van der Waals surface area contributed by atoms with Crippen molar-refractivity contribution in [2.24, 2.45) is 5.92 Å². The monoisotopic (exact) mass is 285 g/mol. The average molecular weight is 285 g/mol. The number of aliphatic hydroxyl groups is 1. The molecular formula is C14H20FNO2S. The van der Waals surface area contributed by atoms with Crippen LogP contribution in [0.1, 0.15) is 19.4 Å². The fourth-order valence-electron chi connectivity index (χ4n) is 1.35. The average Bonchev–Trinajstić information content (AvgIpc) is 2.38. The number of aliphatic hydroxyl groups excluding tert-OH is 1. The first-order chi connectivity index (χ1) is 8.99. The van der Waals surface area contributed by atoms with Gasteiger partial charge in [-0.25, -0.2) is 4.39 Å². The lowest BCUT2D eigenvalue weighted by atomic mass is 10.1. The van der Waals surface area contributed by atoms with Gasteiger partial charge in [0.15, 0.2) is 0 Å². The van der Waals surface area contributed by atoms with Crippen LogP contribution in [0.5, 0.6) is 0 Å². The summed E-state index contributed by atoms with van der Waals surface area (Å²) in [5.41, 5.74) is 0.987. The van der Waals surface area contributed by atoms with E-state index in [1.807, 2.05) is 13.8 Å². The third kappa shape index (κ3) is 6.59. The molecule has 1 unspecified atom stereocenters. The zero-order valence-corrected chi connectivity index (χ0v) is 12.0. The number of carbonyl (C=O) groups is 1. The van der Waals surface area contributed by atoms with E-state index >= 15 is 0 Å². The van der Waals surface area contributed by atoms with Crippen molar-refractivity contribution in [1.29, 1.82) is 0 Å². The number of rotatable bonds is 7. The number of carbonyl (C=O) groups excluding carboxylic acids is 1. The molecule has 0 saturated heterocycles. The van der Waals surface area contributed by atoms with Gasteiger partial charge in [0.2, 0.25) is 5.91 Å². The number of nitrogens with one attached hydrogen (secondary N) is 1. The fraction of sp³-hybridized carbons (Fsp3) is 0.500. The Morgan fingerprint density at radius 1 is 1.37 bits per heavy atom. The van der Waals surface area contributed by atoms with E-state index in [1.165, 1.54) is 23.9 Å². The van der Waals surface area contributed by atoms with E-state index in [4.69, 9.17) is 0 Å². The van der Waals surface area contributed by atoms with Crippen LogP contribution in [0.25, 0.3) is 0 Å². The molecule has 1 aromatic carbocycles. The summed E-state index contributed by atoms with van der Waals surface area (Å²) in [5, 5.41) is 12.2. The van der Waals surface area contributed by atoms with Crippen LogP contribution in [-0.4, -0.2) is 29.4 Å². The smallest absolute Gasteiger partial charge is 0.230 e. The van der Waals surface area contributed by atoms with E-state index in [-0.39, 0.29) is 24.2 Å². The summed E-state index contributed by atoms with van der Waals surface area (Å²) in [6, 6.07) is 6.25. The highest BCUT2D eigenvalue weighted by atomic mass is 32.2. The molecule has 0 aliphatic rings. The Morgan fingerprint density at radius 3 is 2.58 bits per heavy atom. The standard InChI is InChI=1S/C14H20FNO2S/c1-10(2)13(17)7-16-14(18)9-19-8-11-3-5-12(15)6-4-11/h3-6,10,13,17H,7-9H2,1-2H3,(H,16,18). The number of amides is 1. The molecule has 0 bridgehead atoms. The van der Waals surface area contributed by atoms with Crippen molar-refractivity contribution in [3.63, 3.8) is 0 Å². The molecule has 1 amide bonds. The van der Waals surface area contributed by atoms with Gasteiger partial charge in [0, 0.05) is 12.3 Å². The topological polar surface area (TPSA) is 49.3 Å². The number of thioether (sulfide) groups is 1. The predicted molar refractivity (Wildman–Crippen MR) is 76.4 cm³/mol. The van der Waals surface area contributed by atoms with Gasteiger partial charge in [-0.05, 0) is 23.6 Å². The van der Waals surface area contributed by atoms with Crippen molar-refractivity contribution in [1.82, 2.24) is 5.32 Å². The summed E-state index contributed by atoms with van der Waals surface area (Å²) < 4.78 is 12.7. The van der Waals surface area contributed by atoms with E-state index in [9.17, 15) is 14.3 Å². The maximum absolute atomic E-state index is 12.7. The van der Waals surface area contributed by atoms with Crippen LogP contribution in [0.3, 0.4) is 0 Å². The summed E-state index contributed by atoms with van der Waals surface area (Å²) >= 11 is 1.46.